The number of rotatable bonds is 7. The number of halogens is 1. The topological polar surface area (TPSA) is 50.9 Å². The van der Waals surface area contributed by atoms with Crippen molar-refractivity contribution in [2.24, 2.45) is 0 Å². The number of likely N-dealkylation sites (N-methyl/N-ethyl adjacent to an activating group) is 1. The molecule has 0 aromatic heterocycles. The molecule has 0 radical (unpaired) electrons. The standard InChI is InChI=1S/C25H36ClN5O/c1-29-13-15-30(16-14-29)19-25(32)27-18-20-5-7-21(8-6-20)28-22-9-10-24(23(26)17-22)31-11-3-2-4-12-31/h5-10,23,28H,2-4,11-19H2,1H3,(H,27,32). The second kappa shape index (κ2) is 11.2. The number of allylic oxidation sites excluding steroid dienone is 4. The zero-order chi connectivity index (χ0) is 22.3. The molecule has 0 spiro atoms. The van der Waals surface area contributed by atoms with E-state index in [4.69, 9.17) is 11.6 Å². The Morgan fingerprint density at radius 2 is 1.72 bits per heavy atom. The van der Waals surface area contributed by atoms with Crippen LogP contribution in [0.15, 0.2) is 47.8 Å². The maximum Gasteiger partial charge on any atom is 0.234 e. The fourth-order valence-electron chi connectivity index (χ4n) is 4.56. The lowest BCUT2D eigenvalue weighted by Gasteiger charge is -2.35. The van der Waals surface area contributed by atoms with Gasteiger partial charge in [0.05, 0.1) is 11.9 Å². The molecule has 2 heterocycles. The number of nitrogens with zero attached hydrogens (tertiary/aromatic N) is 3. The van der Waals surface area contributed by atoms with Gasteiger partial charge in [-0.15, -0.1) is 11.6 Å². The second-order valence-corrected chi connectivity index (χ2v) is 9.71. The van der Waals surface area contributed by atoms with Gasteiger partial charge in [0.2, 0.25) is 5.91 Å². The maximum atomic E-state index is 12.3. The van der Waals surface area contributed by atoms with E-state index in [1.165, 1.54) is 25.0 Å². The minimum Gasteiger partial charge on any atom is -0.374 e. The number of alkyl halides is 1. The molecule has 4 rings (SSSR count). The fraction of sp³-hybridized carbons (Fsp3) is 0.560. The summed E-state index contributed by atoms with van der Waals surface area (Å²) >= 11 is 6.71. The molecule has 2 aliphatic heterocycles. The average Bonchev–Trinajstić information content (AvgIpc) is 2.81. The Hall–Kier alpha value is -2.02. The van der Waals surface area contributed by atoms with Gasteiger partial charge in [-0.3, -0.25) is 9.69 Å². The number of anilines is 1. The SMILES string of the molecule is CN1CCN(CC(=O)NCc2ccc(NC3=CC=C(N4CCCCC4)C(Cl)C3)cc2)CC1. The number of likely N-dealkylation sites (tertiary alicyclic amines) is 1. The number of amides is 1. The smallest absolute Gasteiger partial charge is 0.234 e. The van der Waals surface area contributed by atoms with Gasteiger partial charge in [0.25, 0.3) is 0 Å². The van der Waals surface area contributed by atoms with Crippen LogP contribution in [0.25, 0.3) is 0 Å². The van der Waals surface area contributed by atoms with Gasteiger partial charge in [-0.2, -0.15) is 0 Å². The summed E-state index contributed by atoms with van der Waals surface area (Å²) in [5.74, 6) is 0.0913. The summed E-state index contributed by atoms with van der Waals surface area (Å²) in [6.45, 7) is 7.25. The third-order valence-electron chi connectivity index (χ3n) is 6.61. The summed E-state index contributed by atoms with van der Waals surface area (Å²) in [6.07, 6.45) is 9.01. The Morgan fingerprint density at radius 1 is 1.00 bits per heavy atom. The first-order valence-corrected chi connectivity index (χ1v) is 12.3. The van der Waals surface area contributed by atoms with Gasteiger partial charge in [-0.05, 0) is 56.2 Å². The van der Waals surface area contributed by atoms with Gasteiger partial charge in [-0.25, -0.2) is 0 Å². The molecule has 174 valence electrons. The summed E-state index contributed by atoms with van der Waals surface area (Å²) in [5.41, 5.74) is 4.54. The molecule has 1 aromatic rings. The minimum atomic E-state index is 0.0235. The van der Waals surface area contributed by atoms with E-state index in [-0.39, 0.29) is 11.3 Å². The molecular weight excluding hydrogens is 422 g/mol. The summed E-state index contributed by atoms with van der Waals surface area (Å²) in [4.78, 5) is 19.2. The van der Waals surface area contributed by atoms with Crippen LogP contribution in [-0.4, -0.2) is 78.8 Å². The molecule has 2 fully saturated rings. The molecular formula is C25H36ClN5O. The number of piperidine rings is 1. The first-order valence-electron chi connectivity index (χ1n) is 11.9. The molecule has 2 saturated heterocycles. The van der Waals surface area contributed by atoms with Crippen molar-refractivity contribution in [3.63, 3.8) is 0 Å². The predicted octanol–water partition coefficient (Wildman–Crippen LogP) is 3.23. The zero-order valence-corrected chi connectivity index (χ0v) is 19.9. The van der Waals surface area contributed by atoms with Crippen molar-refractivity contribution < 1.29 is 4.79 Å². The monoisotopic (exact) mass is 457 g/mol. The third-order valence-corrected chi connectivity index (χ3v) is 6.99. The van der Waals surface area contributed by atoms with E-state index in [0.717, 1.165) is 62.6 Å². The van der Waals surface area contributed by atoms with Crippen LogP contribution < -0.4 is 10.6 Å². The molecule has 32 heavy (non-hydrogen) atoms. The summed E-state index contributed by atoms with van der Waals surface area (Å²) in [5, 5.41) is 6.57. The molecule has 1 amide bonds. The van der Waals surface area contributed by atoms with Crippen LogP contribution in [0, 0.1) is 0 Å². The predicted molar refractivity (Wildman–Crippen MR) is 132 cm³/mol. The Kier molecular flexibility index (Phi) is 8.11. The number of hydrogen-bond donors (Lipinski definition) is 2. The van der Waals surface area contributed by atoms with E-state index in [1.807, 2.05) is 0 Å². The van der Waals surface area contributed by atoms with Crippen LogP contribution in [0.1, 0.15) is 31.2 Å². The first kappa shape index (κ1) is 23.1. The van der Waals surface area contributed by atoms with E-state index < -0.39 is 0 Å². The fourth-order valence-corrected chi connectivity index (χ4v) is 4.94. The summed E-state index contributed by atoms with van der Waals surface area (Å²) in [6, 6.07) is 8.26. The molecule has 7 heteroatoms. The molecule has 1 unspecified atom stereocenters. The van der Waals surface area contributed by atoms with Gasteiger partial charge in [0.15, 0.2) is 0 Å². The van der Waals surface area contributed by atoms with Crippen LogP contribution in [0.4, 0.5) is 5.69 Å². The molecule has 2 N–H and O–H groups in total. The molecule has 6 nitrogen and oxygen atoms in total. The molecule has 1 aromatic carbocycles. The normalized spacial score (nSPS) is 22.8. The van der Waals surface area contributed by atoms with E-state index in [1.54, 1.807) is 0 Å². The van der Waals surface area contributed by atoms with Crippen molar-refractivity contribution in [1.29, 1.82) is 0 Å². The lowest BCUT2D eigenvalue weighted by molar-refractivity contribution is -0.122. The van der Waals surface area contributed by atoms with Gasteiger partial charge < -0.3 is 20.4 Å². The lowest BCUT2D eigenvalue weighted by atomic mass is 10.0. The number of hydrogen-bond acceptors (Lipinski definition) is 5. The second-order valence-electron chi connectivity index (χ2n) is 9.18. The molecule has 0 bridgehead atoms. The average molecular weight is 458 g/mol. The van der Waals surface area contributed by atoms with Crippen LogP contribution >= 0.6 is 11.6 Å². The minimum absolute atomic E-state index is 0.0235. The number of carbonyl (C=O) groups is 1. The van der Waals surface area contributed by atoms with Crippen molar-refractivity contribution in [1.82, 2.24) is 20.0 Å². The number of benzene rings is 1. The van der Waals surface area contributed by atoms with E-state index in [2.05, 4.69) is 68.8 Å². The molecule has 1 atom stereocenters. The highest BCUT2D eigenvalue weighted by Crippen LogP contribution is 2.29. The van der Waals surface area contributed by atoms with Crippen LogP contribution in [-0.2, 0) is 11.3 Å². The van der Waals surface area contributed by atoms with Crippen molar-refractivity contribution in [3.05, 3.63) is 53.4 Å². The Balaban J connectivity index is 1.23. The van der Waals surface area contributed by atoms with Crippen molar-refractivity contribution in [2.75, 3.05) is 58.2 Å². The highest BCUT2D eigenvalue weighted by molar-refractivity contribution is 6.22. The Labute approximate surface area is 197 Å². The van der Waals surface area contributed by atoms with Gasteiger partial charge in [0.1, 0.15) is 0 Å². The third kappa shape index (κ3) is 6.50. The number of piperazine rings is 1. The van der Waals surface area contributed by atoms with Crippen molar-refractivity contribution >= 4 is 23.2 Å². The summed E-state index contributed by atoms with van der Waals surface area (Å²) in [7, 11) is 2.12. The van der Waals surface area contributed by atoms with Gasteiger partial charge >= 0.3 is 0 Å². The molecule has 1 aliphatic carbocycles. The molecule has 3 aliphatic rings. The highest BCUT2D eigenvalue weighted by Gasteiger charge is 2.23. The van der Waals surface area contributed by atoms with Gasteiger partial charge in [-0.1, -0.05) is 12.1 Å². The van der Waals surface area contributed by atoms with Crippen molar-refractivity contribution in [2.45, 2.75) is 37.6 Å². The lowest BCUT2D eigenvalue weighted by Crippen LogP contribution is -2.48. The summed E-state index contributed by atoms with van der Waals surface area (Å²) < 4.78 is 0. The first-order chi connectivity index (χ1) is 15.6. The van der Waals surface area contributed by atoms with Crippen LogP contribution in [0.3, 0.4) is 0 Å². The number of nitrogens with one attached hydrogen (secondary N) is 2. The Bertz CT molecular complexity index is 823. The van der Waals surface area contributed by atoms with E-state index >= 15 is 0 Å². The largest absolute Gasteiger partial charge is 0.374 e. The van der Waals surface area contributed by atoms with E-state index in [0.29, 0.717) is 13.1 Å². The van der Waals surface area contributed by atoms with E-state index in [9.17, 15) is 4.79 Å². The van der Waals surface area contributed by atoms with Crippen LogP contribution in [0.5, 0.6) is 0 Å². The molecule has 0 saturated carbocycles. The Morgan fingerprint density at radius 3 is 2.41 bits per heavy atom. The van der Waals surface area contributed by atoms with Gasteiger partial charge in [0, 0.05) is 69.3 Å². The quantitative estimate of drug-likeness (QED) is 0.616. The maximum absolute atomic E-state index is 12.3. The zero-order valence-electron chi connectivity index (χ0n) is 19.2. The van der Waals surface area contributed by atoms with Crippen molar-refractivity contribution in [3.8, 4) is 0 Å². The number of carbonyl (C=O) groups excluding carboxylic acids is 1. The van der Waals surface area contributed by atoms with Crippen LogP contribution in [0.2, 0.25) is 0 Å². The highest BCUT2D eigenvalue weighted by atomic mass is 35.5.